The van der Waals surface area contributed by atoms with Gasteiger partial charge in [0.15, 0.2) is 11.6 Å². The Morgan fingerprint density at radius 2 is 0.962 bits per heavy atom. The van der Waals surface area contributed by atoms with E-state index in [4.69, 9.17) is 19.4 Å². The fraction of sp³-hybridized carbons (Fsp3) is 0. The van der Waals surface area contributed by atoms with Crippen LogP contribution in [-0.2, 0) is 0 Å². The molecule has 0 amide bonds. The van der Waals surface area contributed by atoms with Crippen LogP contribution >= 0.6 is 0 Å². The van der Waals surface area contributed by atoms with E-state index in [1.54, 1.807) is 0 Å². The largest absolute Gasteiger partial charge is 0.455 e. The lowest BCUT2D eigenvalue weighted by Gasteiger charge is -2.13. The number of nitrogens with zero attached hydrogens (tertiary/aromatic N) is 4. The van der Waals surface area contributed by atoms with Crippen molar-refractivity contribution in [3.05, 3.63) is 170 Å². The highest BCUT2D eigenvalue weighted by molar-refractivity contribution is 6.25. The van der Waals surface area contributed by atoms with Crippen LogP contribution in [-0.4, -0.2) is 19.5 Å². The number of rotatable bonds is 4. The standard InChI is InChI=1S/C47H28N4O/c1-3-15-31(16-4-1)45-48-46(32-17-5-2-6-18-32)50-47(49-45)51-39-27-25-29-13-7-9-19-33(29)41(39)37-23-11-21-35(43(37)51)36-22-12-24-38-42-34-20-10-8-14-30(34)26-28-40(42)52-44(36)38/h1-28H. The Labute approximate surface area is 298 Å². The van der Waals surface area contributed by atoms with Crippen LogP contribution in [0.25, 0.3) is 105 Å². The molecule has 0 radical (unpaired) electrons. The summed E-state index contributed by atoms with van der Waals surface area (Å²) in [5, 5.41) is 9.22. The van der Waals surface area contributed by atoms with Gasteiger partial charge in [0.2, 0.25) is 5.95 Å². The van der Waals surface area contributed by atoms with Gasteiger partial charge >= 0.3 is 0 Å². The summed E-state index contributed by atoms with van der Waals surface area (Å²) in [5.74, 6) is 1.78. The van der Waals surface area contributed by atoms with Gasteiger partial charge in [0.05, 0.1) is 11.0 Å². The van der Waals surface area contributed by atoms with Crippen molar-refractivity contribution < 1.29 is 4.42 Å². The molecule has 0 saturated carbocycles. The number of benzene rings is 8. The van der Waals surface area contributed by atoms with E-state index in [-0.39, 0.29) is 0 Å². The minimum atomic E-state index is 0.554. The third-order valence-corrected chi connectivity index (χ3v) is 10.2. The SMILES string of the molecule is c1ccc(-c2nc(-c3ccccc3)nc(-n3c4ccc5ccccc5c4c4cccc(-c5cccc6c5oc5ccc7ccccc7c56)c43)n2)cc1. The average Bonchev–Trinajstić information content (AvgIpc) is 3.78. The molecule has 3 heterocycles. The lowest BCUT2D eigenvalue weighted by atomic mass is 9.97. The highest BCUT2D eigenvalue weighted by Crippen LogP contribution is 2.44. The molecule has 0 spiro atoms. The summed E-state index contributed by atoms with van der Waals surface area (Å²) in [6.07, 6.45) is 0. The molecule has 0 atom stereocenters. The van der Waals surface area contributed by atoms with E-state index in [1.165, 1.54) is 21.5 Å². The Morgan fingerprint density at radius 3 is 1.65 bits per heavy atom. The van der Waals surface area contributed by atoms with Gasteiger partial charge in [0.25, 0.3) is 0 Å². The predicted molar refractivity (Wildman–Crippen MR) is 213 cm³/mol. The van der Waals surface area contributed by atoms with E-state index in [0.29, 0.717) is 17.6 Å². The van der Waals surface area contributed by atoms with Crippen molar-refractivity contribution in [1.82, 2.24) is 19.5 Å². The molecule has 0 aliphatic heterocycles. The first-order chi connectivity index (χ1) is 25.8. The molecule has 0 aliphatic carbocycles. The van der Waals surface area contributed by atoms with Gasteiger partial charge < -0.3 is 4.42 Å². The minimum Gasteiger partial charge on any atom is -0.455 e. The van der Waals surface area contributed by atoms with Crippen molar-refractivity contribution in [2.75, 3.05) is 0 Å². The minimum absolute atomic E-state index is 0.554. The zero-order chi connectivity index (χ0) is 34.2. The van der Waals surface area contributed by atoms with Gasteiger partial charge in [0.1, 0.15) is 11.2 Å². The van der Waals surface area contributed by atoms with Gasteiger partial charge in [-0.1, -0.05) is 158 Å². The van der Waals surface area contributed by atoms with Crippen LogP contribution in [0.5, 0.6) is 0 Å². The van der Waals surface area contributed by atoms with Gasteiger partial charge in [0, 0.05) is 43.8 Å². The van der Waals surface area contributed by atoms with Crippen LogP contribution in [0.4, 0.5) is 0 Å². The van der Waals surface area contributed by atoms with E-state index in [1.807, 2.05) is 60.7 Å². The fourth-order valence-corrected chi connectivity index (χ4v) is 7.94. The molecular formula is C47H28N4O. The second-order valence-corrected chi connectivity index (χ2v) is 13.2. The number of para-hydroxylation sites is 2. The number of hydrogen-bond acceptors (Lipinski definition) is 4. The van der Waals surface area contributed by atoms with Crippen LogP contribution < -0.4 is 0 Å². The summed E-state index contributed by atoms with van der Waals surface area (Å²) < 4.78 is 9.01. The average molecular weight is 665 g/mol. The monoisotopic (exact) mass is 664 g/mol. The van der Waals surface area contributed by atoms with Crippen molar-refractivity contribution in [2.45, 2.75) is 0 Å². The topological polar surface area (TPSA) is 56.7 Å². The first-order valence-electron chi connectivity index (χ1n) is 17.5. The number of furan rings is 1. The van der Waals surface area contributed by atoms with Crippen molar-refractivity contribution in [3.63, 3.8) is 0 Å². The molecule has 52 heavy (non-hydrogen) atoms. The third-order valence-electron chi connectivity index (χ3n) is 10.2. The maximum Gasteiger partial charge on any atom is 0.238 e. The summed E-state index contributed by atoms with van der Waals surface area (Å²) in [6.45, 7) is 0. The Kier molecular flexibility index (Phi) is 6.18. The zero-order valence-electron chi connectivity index (χ0n) is 27.9. The van der Waals surface area contributed by atoms with Crippen LogP contribution in [0.3, 0.4) is 0 Å². The molecule has 0 bridgehead atoms. The van der Waals surface area contributed by atoms with E-state index < -0.39 is 0 Å². The molecule has 0 saturated heterocycles. The zero-order valence-corrected chi connectivity index (χ0v) is 27.9. The molecule has 8 aromatic carbocycles. The first kappa shape index (κ1) is 28.7. The van der Waals surface area contributed by atoms with Crippen LogP contribution in [0.1, 0.15) is 0 Å². The van der Waals surface area contributed by atoms with Gasteiger partial charge in [-0.15, -0.1) is 0 Å². The molecule has 0 unspecified atom stereocenters. The van der Waals surface area contributed by atoms with Gasteiger partial charge in [-0.25, -0.2) is 4.98 Å². The first-order valence-corrected chi connectivity index (χ1v) is 17.5. The molecule has 0 aliphatic rings. The van der Waals surface area contributed by atoms with Gasteiger partial charge in [-0.2, -0.15) is 9.97 Å². The molecular weight excluding hydrogens is 637 g/mol. The summed E-state index contributed by atoms with van der Waals surface area (Å²) in [5.41, 5.74) is 7.66. The number of fused-ring (bicyclic) bond motifs is 10. The third kappa shape index (κ3) is 4.26. The van der Waals surface area contributed by atoms with Gasteiger partial charge in [-0.3, -0.25) is 4.57 Å². The Bertz CT molecular complexity index is 3120. The van der Waals surface area contributed by atoms with Gasteiger partial charge in [-0.05, 0) is 33.7 Å². The molecule has 242 valence electrons. The Balaban J connectivity index is 1.29. The van der Waals surface area contributed by atoms with Crippen molar-refractivity contribution in [1.29, 1.82) is 0 Å². The van der Waals surface area contributed by atoms with Crippen LogP contribution in [0, 0.1) is 0 Å². The quantitative estimate of drug-likeness (QED) is 0.188. The lowest BCUT2D eigenvalue weighted by Crippen LogP contribution is -2.07. The maximum atomic E-state index is 6.79. The van der Waals surface area contributed by atoms with Crippen molar-refractivity contribution in [2.24, 2.45) is 0 Å². The molecule has 5 heteroatoms. The smallest absolute Gasteiger partial charge is 0.238 e. The molecule has 0 N–H and O–H groups in total. The van der Waals surface area contributed by atoms with E-state index in [2.05, 4.69) is 114 Å². The predicted octanol–water partition coefficient (Wildman–Crippen LogP) is 12.2. The second-order valence-electron chi connectivity index (χ2n) is 13.2. The Morgan fingerprint density at radius 1 is 0.404 bits per heavy atom. The Hall–Kier alpha value is -7.11. The molecule has 3 aromatic heterocycles. The normalized spacial score (nSPS) is 11.8. The van der Waals surface area contributed by atoms with Crippen LogP contribution in [0.2, 0.25) is 0 Å². The van der Waals surface area contributed by atoms with Crippen LogP contribution in [0.15, 0.2) is 174 Å². The fourth-order valence-electron chi connectivity index (χ4n) is 7.94. The summed E-state index contributed by atoms with van der Waals surface area (Å²) in [6, 6.07) is 59.0. The maximum absolute atomic E-state index is 6.79. The summed E-state index contributed by atoms with van der Waals surface area (Å²) in [4.78, 5) is 15.5. The van der Waals surface area contributed by atoms with E-state index in [9.17, 15) is 0 Å². The summed E-state index contributed by atoms with van der Waals surface area (Å²) in [7, 11) is 0. The molecule has 11 aromatic rings. The molecule has 5 nitrogen and oxygen atoms in total. The highest BCUT2D eigenvalue weighted by Gasteiger charge is 2.23. The number of aromatic nitrogens is 4. The highest BCUT2D eigenvalue weighted by atomic mass is 16.3. The van der Waals surface area contributed by atoms with E-state index >= 15 is 0 Å². The number of hydrogen-bond donors (Lipinski definition) is 0. The molecule has 0 fully saturated rings. The lowest BCUT2D eigenvalue weighted by molar-refractivity contribution is 0.670. The molecule has 11 rings (SSSR count). The van der Waals surface area contributed by atoms with E-state index in [0.717, 1.165) is 66.0 Å². The second kappa shape index (κ2) is 11.2. The summed E-state index contributed by atoms with van der Waals surface area (Å²) >= 11 is 0. The van der Waals surface area contributed by atoms with Crippen molar-refractivity contribution >= 4 is 65.3 Å². The van der Waals surface area contributed by atoms with Crippen molar-refractivity contribution in [3.8, 4) is 39.9 Å².